The van der Waals surface area contributed by atoms with Gasteiger partial charge in [-0.15, -0.1) is 0 Å². The van der Waals surface area contributed by atoms with E-state index in [0.29, 0.717) is 41.7 Å². The van der Waals surface area contributed by atoms with Crippen LogP contribution in [0.1, 0.15) is 17.5 Å². The van der Waals surface area contributed by atoms with E-state index in [4.69, 9.17) is 18.9 Å². The number of likely N-dealkylation sites (N-methyl/N-ethyl adjacent to an activating group) is 1. The fourth-order valence-electron chi connectivity index (χ4n) is 3.64. The van der Waals surface area contributed by atoms with Crippen LogP contribution in [0.2, 0.25) is 0 Å². The van der Waals surface area contributed by atoms with Crippen LogP contribution < -0.4 is 18.9 Å². The topological polar surface area (TPSA) is 94.6 Å². The third kappa shape index (κ3) is 7.94. The molecule has 2 aromatic rings. The summed E-state index contributed by atoms with van der Waals surface area (Å²) in [4.78, 5) is 40.8. The van der Waals surface area contributed by atoms with E-state index in [9.17, 15) is 14.4 Å². The Labute approximate surface area is 216 Å². The molecule has 0 unspecified atom stereocenters. The Morgan fingerprint density at radius 3 is 1.73 bits per heavy atom. The number of hydrogen-bond acceptors (Lipinski definition) is 8. The van der Waals surface area contributed by atoms with Crippen LogP contribution >= 0.6 is 0 Å². The molecule has 1 heterocycles. The largest absolute Gasteiger partial charge is 0.493 e. The molecule has 1 aliphatic heterocycles. The zero-order valence-electron chi connectivity index (χ0n) is 21.6. The van der Waals surface area contributed by atoms with E-state index in [-0.39, 0.29) is 18.0 Å². The highest BCUT2D eigenvalue weighted by Crippen LogP contribution is 2.30. The molecule has 9 heteroatoms. The van der Waals surface area contributed by atoms with E-state index < -0.39 is 6.09 Å². The highest BCUT2D eigenvalue weighted by atomic mass is 16.6. The van der Waals surface area contributed by atoms with Gasteiger partial charge in [0.05, 0.1) is 27.8 Å². The molecule has 0 N–H and O–H groups in total. The first-order chi connectivity index (χ1) is 17.8. The zero-order valence-corrected chi connectivity index (χ0v) is 21.6. The quantitative estimate of drug-likeness (QED) is 0.354. The van der Waals surface area contributed by atoms with Gasteiger partial charge in [0.25, 0.3) is 0 Å². The number of rotatable bonds is 10. The molecule has 0 radical (unpaired) electrons. The molecule has 1 aliphatic rings. The summed E-state index contributed by atoms with van der Waals surface area (Å²) in [5, 5.41) is 0. The van der Waals surface area contributed by atoms with Gasteiger partial charge in [0.1, 0.15) is 0 Å². The molecule has 0 aliphatic carbocycles. The fourth-order valence-corrected chi connectivity index (χ4v) is 3.64. The van der Waals surface area contributed by atoms with Gasteiger partial charge in [-0.2, -0.15) is 0 Å². The highest BCUT2D eigenvalue weighted by molar-refractivity contribution is 6.10. The maximum absolute atomic E-state index is 12.5. The average molecular weight is 509 g/mol. The Hall–Kier alpha value is -4.11. The van der Waals surface area contributed by atoms with Crippen LogP contribution in [-0.2, 0) is 9.59 Å². The lowest BCUT2D eigenvalue weighted by molar-refractivity contribution is -0.121. The van der Waals surface area contributed by atoms with Crippen LogP contribution in [0.3, 0.4) is 0 Å². The Balaban J connectivity index is 1.56. The van der Waals surface area contributed by atoms with E-state index in [2.05, 4.69) is 4.90 Å². The van der Waals surface area contributed by atoms with E-state index >= 15 is 0 Å². The first kappa shape index (κ1) is 27.5. The first-order valence-electron chi connectivity index (χ1n) is 11.8. The highest BCUT2D eigenvalue weighted by Gasteiger charge is 2.22. The Morgan fingerprint density at radius 1 is 0.730 bits per heavy atom. The van der Waals surface area contributed by atoms with Crippen LogP contribution in [0, 0.1) is 0 Å². The molecule has 0 aromatic heterocycles. The van der Waals surface area contributed by atoms with Crippen molar-refractivity contribution in [2.75, 3.05) is 54.6 Å². The summed E-state index contributed by atoms with van der Waals surface area (Å²) in [5.74, 6) is 1.13. The smallest absolute Gasteiger partial charge is 0.415 e. The summed E-state index contributed by atoms with van der Waals surface area (Å²) in [6, 6.07) is 10.3. The molecule has 1 fully saturated rings. The van der Waals surface area contributed by atoms with Crippen molar-refractivity contribution < 1.29 is 33.3 Å². The van der Waals surface area contributed by atoms with Gasteiger partial charge in [-0.3, -0.25) is 9.59 Å². The standard InChI is InChI=1S/C28H32N2O7/c1-29-13-15-30(16-14-29)28(33)37-25-12-8-21(18-27(25)36-4)6-10-23(32)19-22(31)9-5-20-7-11-24(34-2)26(17-20)35-3/h5-12,17-18H,13-16,19H2,1-4H3. The van der Waals surface area contributed by atoms with Crippen molar-refractivity contribution in [2.24, 2.45) is 0 Å². The van der Waals surface area contributed by atoms with Crippen molar-refractivity contribution in [3.63, 3.8) is 0 Å². The van der Waals surface area contributed by atoms with E-state index in [0.717, 1.165) is 18.7 Å². The van der Waals surface area contributed by atoms with Crippen molar-refractivity contribution in [3.8, 4) is 23.0 Å². The molecule has 0 spiro atoms. The summed E-state index contributed by atoms with van der Waals surface area (Å²) in [5.41, 5.74) is 1.41. The molecule has 9 nitrogen and oxygen atoms in total. The Kier molecular flexibility index (Phi) is 9.85. The predicted molar refractivity (Wildman–Crippen MR) is 140 cm³/mol. The summed E-state index contributed by atoms with van der Waals surface area (Å²) >= 11 is 0. The molecule has 2 aromatic carbocycles. The maximum Gasteiger partial charge on any atom is 0.415 e. The number of benzene rings is 2. The second-order valence-electron chi connectivity index (χ2n) is 8.46. The number of nitrogens with zero attached hydrogens (tertiary/aromatic N) is 2. The number of allylic oxidation sites excluding steroid dienone is 2. The van der Waals surface area contributed by atoms with E-state index in [1.807, 2.05) is 7.05 Å². The van der Waals surface area contributed by atoms with Gasteiger partial charge in [0, 0.05) is 26.2 Å². The molecule has 1 amide bonds. The molecule has 0 saturated carbocycles. The van der Waals surface area contributed by atoms with Crippen LogP contribution in [0.15, 0.2) is 48.6 Å². The van der Waals surface area contributed by atoms with Gasteiger partial charge in [-0.1, -0.05) is 24.3 Å². The summed E-state index contributed by atoms with van der Waals surface area (Å²) in [6.07, 6.45) is 5.21. The summed E-state index contributed by atoms with van der Waals surface area (Å²) in [7, 11) is 6.57. The Morgan fingerprint density at radius 2 is 1.22 bits per heavy atom. The average Bonchev–Trinajstić information content (AvgIpc) is 2.91. The zero-order chi connectivity index (χ0) is 26.8. The molecule has 0 bridgehead atoms. The van der Waals surface area contributed by atoms with Crippen molar-refractivity contribution in [1.82, 2.24) is 9.80 Å². The number of methoxy groups -OCH3 is 3. The lowest BCUT2D eigenvalue weighted by Crippen LogP contribution is -2.48. The van der Waals surface area contributed by atoms with Crippen molar-refractivity contribution in [2.45, 2.75) is 6.42 Å². The van der Waals surface area contributed by atoms with Gasteiger partial charge in [0.2, 0.25) is 0 Å². The second kappa shape index (κ2) is 13.3. The molecule has 0 atom stereocenters. The minimum absolute atomic E-state index is 0.266. The minimum atomic E-state index is -0.426. The van der Waals surface area contributed by atoms with Crippen LogP contribution in [0.25, 0.3) is 12.2 Å². The van der Waals surface area contributed by atoms with Gasteiger partial charge in [-0.25, -0.2) is 4.79 Å². The molecule has 37 heavy (non-hydrogen) atoms. The lowest BCUT2D eigenvalue weighted by Gasteiger charge is -2.31. The second-order valence-corrected chi connectivity index (χ2v) is 8.46. The number of ether oxygens (including phenoxy) is 4. The number of amides is 1. The Bertz CT molecular complexity index is 1180. The monoisotopic (exact) mass is 508 g/mol. The first-order valence-corrected chi connectivity index (χ1v) is 11.8. The lowest BCUT2D eigenvalue weighted by atomic mass is 10.1. The SMILES string of the molecule is COc1ccc(C=CC(=O)CC(=O)C=Cc2ccc(OC(=O)N3CCN(C)CC3)c(OC)c2)cc1OC. The van der Waals surface area contributed by atoms with E-state index in [1.54, 1.807) is 60.6 Å². The molecule has 196 valence electrons. The van der Waals surface area contributed by atoms with Gasteiger partial charge >= 0.3 is 6.09 Å². The normalized spacial score (nSPS) is 14.1. The van der Waals surface area contributed by atoms with E-state index in [1.165, 1.54) is 26.4 Å². The number of piperazine rings is 1. The third-order valence-corrected chi connectivity index (χ3v) is 5.83. The molecule has 1 saturated heterocycles. The third-order valence-electron chi connectivity index (χ3n) is 5.83. The number of ketones is 2. The van der Waals surface area contributed by atoms with Gasteiger partial charge in [0.15, 0.2) is 34.6 Å². The van der Waals surface area contributed by atoms with Crippen molar-refractivity contribution in [3.05, 3.63) is 59.7 Å². The van der Waals surface area contributed by atoms with Crippen LogP contribution in [0.4, 0.5) is 4.79 Å². The number of carbonyl (C=O) groups is 3. The maximum atomic E-state index is 12.5. The van der Waals surface area contributed by atoms with Crippen molar-refractivity contribution >= 4 is 29.8 Å². The van der Waals surface area contributed by atoms with Gasteiger partial charge in [-0.05, 0) is 54.6 Å². The summed E-state index contributed by atoms with van der Waals surface area (Å²) < 4.78 is 21.3. The summed E-state index contributed by atoms with van der Waals surface area (Å²) in [6.45, 7) is 2.78. The fraction of sp³-hybridized carbons (Fsp3) is 0.321. The molecular weight excluding hydrogens is 476 g/mol. The molecular formula is C28H32N2O7. The van der Waals surface area contributed by atoms with Crippen molar-refractivity contribution in [1.29, 1.82) is 0 Å². The van der Waals surface area contributed by atoms with Crippen LogP contribution in [-0.4, -0.2) is 82.0 Å². The van der Waals surface area contributed by atoms with Gasteiger partial charge < -0.3 is 28.7 Å². The predicted octanol–water partition coefficient (Wildman–Crippen LogP) is 3.71. The minimum Gasteiger partial charge on any atom is -0.493 e. The number of carbonyl (C=O) groups excluding carboxylic acids is 3. The molecule has 3 rings (SSSR count). The van der Waals surface area contributed by atoms with Crippen LogP contribution in [0.5, 0.6) is 23.0 Å². The number of hydrogen-bond donors (Lipinski definition) is 0.